The zero-order chi connectivity index (χ0) is 16.4. The second-order valence-corrected chi connectivity index (χ2v) is 5.72. The Balaban J connectivity index is 1.93. The molecule has 23 heavy (non-hydrogen) atoms. The second kappa shape index (κ2) is 6.08. The van der Waals surface area contributed by atoms with Crippen LogP contribution in [-0.4, -0.2) is 25.0 Å². The Bertz CT molecular complexity index is 861. The van der Waals surface area contributed by atoms with E-state index in [0.29, 0.717) is 11.3 Å². The Labute approximate surface area is 135 Å². The minimum atomic E-state index is -0.317. The van der Waals surface area contributed by atoms with Gasteiger partial charge in [0.1, 0.15) is 12.8 Å². The van der Waals surface area contributed by atoms with Crippen molar-refractivity contribution in [2.45, 2.75) is 0 Å². The van der Waals surface area contributed by atoms with Gasteiger partial charge in [-0.3, -0.25) is 0 Å². The van der Waals surface area contributed by atoms with Gasteiger partial charge in [0, 0.05) is 32.4 Å². The number of ether oxygens (including phenoxy) is 1. The summed E-state index contributed by atoms with van der Waals surface area (Å²) in [7, 11) is 5.77. The summed E-state index contributed by atoms with van der Waals surface area (Å²) in [5.41, 5.74) is 2.79. The smallest absolute Gasteiger partial charge is 0.345 e. The highest BCUT2D eigenvalue weighted by atomic mass is 16.5. The summed E-state index contributed by atoms with van der Waals surface area (Å²) < 4.78 is 7.35. The molecule has 0 atom stereocenters. The molecule has 1 aliphatic heterocycles. The number of pyridine rings is 1. The van der Waals surface area contributed by atoms with Gasteiger partial charge in [-0.05, 0) is 23.8 Å². The molecule has 1 aromatic carbocycles. The fraction of sp³-hybridized carbons (Fsp3) is 0.158. The van der Waals surface area contributed by atoms with E-state index >= 15 is 0 Å². The van der Waals surface area contributed by atoms with E-state index < -0.39 is 0 Å². The molecular weight excluding hydrogens is 288 g/mol. The Morgan fingerprint density at radius 2 is 1.91 bits per heavy atom. The Kier molecular flexibility index (Phi) is 3.98. The summed E-state index contributed by atoms with van der Waals surface area (Å²) in [6.07, 6.45) is 9.33. The lowest BCUT2D eigenvalue weighted by molar-refractivity contribution is -0.644. The molecule has 116 valence electrons. The molecule has 3 rings (SSSR count). The van der Waals surface area contributed by atoms with Crippen LogP contribution in [0.5, 0.6) is 0 Å². The number of hydrogen-bond acceptors (Lipinski definition) is 3. The van der Waals surface area contributed by atoms with E-state index in [1.165, 1.54) is 0 Å². The molecule has 0 bridgehead atoms. The third-order valence-electron chi connectivity index (χ3n) is 3.64. The lowest BCUT2D eigenvalue weighted by Gasteiger charge is -2.03. The molecule has 1 aromatic heterocycles. The van der Waals surface area contributed by atoms with Crippen LogP contribution in [0, 0.1) is 0 Å². The predicted octanol–water partition coefficient (Wildman–Crippen LogP) is 2.56. The number of carbonyl (C=O) groups is 1. The van der Waals surface area contributed by atoms with Crippen LogP contribution >= 0.6 is 0 Å². The minimum absolute atomic E-state index is 0.317. The molecule has 0 spiro atoms. The number of benzene rings is 1. The maximum Gasteiger partial charge on any atom is 0.345 e. The monoisotopic (exact) mass is 307 g/mol. The molecule has 1 aliphatic rings. The highest BCUT2D eigenvalue weighted by Crippen LogP contribution is 2.21. The van der Waals surface area contributed by atoms with Crippen LogP contribution in [0.2, 0.25) is 0 Å². The first-order valence-electron chi connectivity index (χ1n) is 7.42. The quantitative estimate of drug-likeness (QED) is 0.496. The van der Waals surface area contributed by atoms with Crippen molar-refractivity contribution in [2.24, 2.45) is 7.05 Å². The van der Waals surface area contributed by atoms with E-state index in [2.05, 4.69) is 16.7 Å². The summed E-state index contributed by atoms with van der Waals surface area (Å²) in [5, 5.41) is 1.16. The van der Waals surface area contributed by atoms with Gasteiger partial charge in [-0.2, -0.15) is 0 Å². The number of aryl methyl sites for hydroxylation is 1. The second-order valence-electron chi connectivity index (χ2n) is 5.72. The van der Waals surface area contributed by atoms with Crippen molar-refractivity contribution < 1.29 is 14.1 Å². The molecule has 0 unspecified atom stereocenters. The average molecular weight is 307 g/mol. The van der Waals surface area contributed by atoms with E-state index in [1.807, 2.05) is 62.6 Å². The summed E-state index contributed by atoms with van der Waals surface area (Å²) >= 11 is 0. The zero-order valence-electron chi connectivity index (χ0n) is 13.5. The standard InChI is InChI=1S/C19H19N2O2/c1-20(2)13-15-12-16(23-19(15)22)9-8-14-10-11-21(3)18-7-5-4-6-17(14)18/h4-13H,1-3H3/q+1. The van der Waals surface area contributed by atoms with Gasteiger partial charge in [0.15, 0.2) is 6.20 Å². The van der Waals surface area contributed by atoms with E-state index in [0.717, 1.165) is 16.5 Å². The van der Waals surface area contributed by atoms with Gasteiger partial charge in [0.2, 0.25) is 5.52 Å². The van der Waals surface area contributed by atoms with Crippen LogP contribution in [0.4, 0.5) is 0 Å². The molecule has 2 aromatic rings. The molecule has 4 heteroatoms. The third-order valence-corrected chi connectivity index (χ3v) is 3.64. The van der Waals surface area contributed by atoms with Crippen molar-refractivity contribution in [1.29, 1.82) is 0 Å². The molecule has 0 amide bonds. The maximum atomic E-state index is 11.8. The normalized spacial score (nSPS) is 16.2. The van der Waals surface area contributed by atoms with Crippen LogP contribution < -0.4 is 4.57 Å². The van der Waals surface area contributed by atoms with Crippen molar-refractivity contribution in [3.8, 4) is 0 Å². The number of hydrogen-bond donors (Lipinski definition) is 0. The first kappa shape index (κ1) is 15.0. The van der Waals surface area contributed by atoms with Crippen LogP contribution in [0.1, 0.15) is 5.56 Å². The van der Waals surface area contributed by atoms with Crippen molar-refractivity contribution in [2.75, 3.05) is 14.1 Å². The minimum Gasteiger partial charge on any atom is -0.423 e. The van der Waals surface area contributed by atoms with Crippen molar-refractivity contribution in [1.82, 2.24) is 4.90 Å². The topological polar surface area (TPSA) is 33.4 Å². The number of esters is 1. The first-order chi connectivity index (χ1) is 11.0. The highest BCUT2D eigenvalue weighted by molar-refractivity contribution is 5.95. The van der Waals surface area contributed by atoms with E-state index in [-0.39, 0.29) is 5.97 Å². The molecule has 0 fully saturated rings. The Hall–Kier alpha value is -2.88. The summed E-state index contributed by atoms with van der Waals surface area (Å²) in [6, 6.07) is 10.3. The average Bonchev–Trinajstić information content (AvgIpc) is 2.86. The largest absolute Gasteiger partial charge is 0.423 e. The fourth-order valence-corrected chi connectivity index (χ4v) is 2.56. The number of carbonyl (C=O) groups excluding carboxylic acids is 1. The summed E-state index contributed by atoms with van der Waals surface area (Å²) in [6.45, 7) is 0. The molecule has 2 heterocycles. The van der Waals surface area contributed by atoms with Gasteiger partial charge in [0.05, 0.1) is 11.0 Å². The molecule has 0 saturated heterocycles. The number of cyclic esters (lactones) is 1. The molecular formula is C19H19N2O2+. The van der Waals surface area contributed by atoms with Crippen LogP contribution in [-0.2, 0) is 16.6 Å². The van der Waals surface area contributed by atoms with Crippen LogP contribution in [0.3, 0.4) is 0 Å². The Morgan fingerprint density at radius 3 is 2.70 bits per heavy atom. The number of aromatic nitrogens is 1. The molecule has 0 aliphatic carbocycles. The molecule has 0 saturated carbocycles. The first-order valence-corrected chi connectivity index (χ1v) is 7.42. The molecule has 0 radical (unpaired) electrons. The van der Waals surface area contributed by atoms with Gasteiger partial charge in [-0.1, -0.05) is 18.2 Å². The van der Waals surface area contributed by atoms with E-state index in [4.69, 9.17) is 4.74 Å². The molecule has 4 nitrogen and oxygen atoms in total. The highest BCUT2D eigenvalue weighted by Gasteiger charge is 2.19. The van der Waals surface area contributed by atoms with Gasteiger partial charge in [-0.25, -0.2) is 9.36 Å². The fourth-order valence-electron chi connectivity index (χ4n) is 2.56. The van der Waals surface area contributed by atoms with Crippen LogP contribution in [0.15, 0.2) is 66.2 Å². The van der Waals surface area contributed by atoms with Gasteiger partial charge >= 0.3 is 5.97 Å². The number of para-hydroxylation sites is 1. The third kappa shape index (κ3) is 3.16. The maximum absolute atomic E-state index is 11.8. The number of fused-ring (bicyclic) bond motifs is 1. The SMILES string of the molecule is CN(C)/C=C1C=C(/C=C/c2cc[n+](C)c3ccccc23)OC/1=O. The zero-order valence-corrected chi connectivity index (χ0v) is 13.5. The van der Waals surface area contributed by atoms with Crippen molar-refractivity contribution >= 4 is 22.9 Å². The van der Waals surface area contributed by atoms with Gasteiger partial charge in [-0.15, -0.1) is 0 Å². The van der Waals surface area contributed by atoms with Crippen molar-refractivity contribution in [3.05, 3.63) is 71.8 Å². The number of rotatable bonds is 3. The summed E-state index contributed by atoms with van der Waals surface area (Å²) in [4.78, 5) is 13.6. The van der Waals surface area contributed by atoms with Gasteiger partial charge < -0.3 is 9.64 Å². The number of allylic oxidation sites excluding steroid dienone is 1. The lowest BCUT2D eigenvalue weighted by atomic mass is 10.1. The van der Waals surface area contributed by atoms with Crippen molar-refractivity contribution in [3.63, 3.8) is 0 Å². The van der Waals surface area contributed by atoms with Crippen LogP contribution in [0.25, 0.3) is 17.0 Å². The van der Waals surface area contributed by atoms with E-state index in [1.54, 1.807) is 12.3 Å². The molecule has 0 N–H and O–H groups in total. The lowest BCUT2D eigenvalue weighted by Crippen LogP contribution is -2.28. The Morgan fingerprint density at radius 1 is 1.13 bits per heavy atom. The predicted molar refractivity (Wildman–Crippen MR) is 90.1 cm³/mol. The van der Waals surface area contributed by atoms with Gasteiger partial charge in [0.25, 0.3) is 0 Å². The van der Waals surface area contributed by atoms with E-state index in [9.17, 15) is 4.79 Å². The summed E-state index contributed by atoms with van der Waals surface area (Å²) in [5.74, 6) is 0.239. The number of nitrogens with zero attached hydrogens (tertiary/aromatic N) is 2.